The fraction of sp³-hybridized carbons (Fsp3) is 0.464. The van der Waals surface area contributed by atoms with Crippen LogP contribution >= 0.6 is 0 Å². The van der Waals surface area contributed by atoms with Gasteiger partial charge in [0.05, 0.1) is 18.2 Å². The third-order valence-corrected chi connectivity index (χ3v) is 6.05. The molecule has 2 aliphatic heterocycles. The van der Waals surface area contributed by atoms with E-state index in [-0.39, 0.29) is 11.6 Å². The van der Waals surface area contributed by atoms with Gasteiger partial charge in [-0.25, -0.2) is 4.79 Å². The molecule has 0 saturated heterocycles. The number of allylic oxidation sites excluding steroid dienone is 1. The number of carbonyl (C=O) groups excluding carboxylic acids is 1. The molecule has 1 unspecified atom stereocenters. The van der Waals surface area contributed by atoms with Gasteiger partial charge in [-0.3, -0.25) is 0 Å². The Labute approximate surface area is 202 Å². The summed E-state index contributed by atoms with van der Waals surface area (Å²) < 4.78 is 17.6. The minimum atomic E-state index is -0.512. The van der Waals surface area contributed by atoms with Gasteiger partial charge in [-0.15, -0.1) is 0 Å². The molecule has 6 nitrogen and oxygen atoms in total. The highest BCUT2D eigenvalue weighted by Gasteiger charge is 2.34. The van der Waals surface area contributed by atoms with Crippen molar-refractivity contribution in [3.05, 3.63) is 47.5 Å². The highest BCUT2D eigenvalue weighted by atomic mass is 16.6. The van der Waals surface area contributed by atoms with Gasteiger partial charge in [0.2, 0.25) is 0 Å². The number of hydrogen-bond acceptors (Lipinski definition) is 5. The van der Waals surface area contributed by atoms with Crippen LogP contribution in [-0.2, 0) is 4.74 Å². The van der Waals surface area contributed by atoms with Gasteiger partial charge >= 0.3 is 6.09 Å². The molecule has 0 spiro atoms. The van der Waals surface area contributed by atoms with E-state index in [1.54, 1.807) is 7.11 Å². The molecule has 1 atom stereocenters. The zero-order valence-corrected chi connectivity index (χ0v) is 21.3. The van der Waals surface area contributed by atoms with E-state index in [4.69, 9.17) is 14.2 Å². The first kappa shape index (κ1) is 24.0. The smallest absolute Gasteiger partial charge is 0.407 e. The van der Waals surface area contributed by atoms with Gasteiger partial charge in [0.1, 0.15) is 23.2 Å². The van der Waals surface area contributed by atoms with Crippen LogP contribution in [0.25, 0.3) is 16.7 Å². The maximum atomic E-state index is 12.0. The van der Waals surface area contributed by atoms with Gasteiger partial charge < -0.3 is 24.8 Å². The molecule has 1 amide bonds. The lowest BCUT2D eigenvalue weighted by atomic mass is 9.81. The first-order valence-electron chi connectivity index (χ1n) is 11.9. The van der Waals surface area contributed by atoms with E-state index in [9.17, 15) is 4.79 Å². The third kappa shape index (κ3) is 4.86. The quantitative estimate of drug-likeness (QED) is 0.482. The molecule has 2 heterocycles. The van der Waals surface area contributed by atoms with E-state index in [1.807, 2.05) is 39.0 Å². The minimum absolute atomic E-state index is 0.122. The fourth-order valence-electron chi connectivity index (χ4n) is 4.95. The molecule has 0 saturated carbocycles. The Balaban J connectivity index is 1.66. The molecule has 0 radical (unpaired) electrons. The zero-order chi connectivity index (χ0) is 24.7. The molecule has 6 heteroatoms. The SMILES string of the molecule is COc1cccc2c1-c1ccc3c(c1C(CCCNC(=O)OC(C)(C)C)O2)C(C)=CC(C)(C)N3. The lowest BCUT2D eigenvalue weighted by molar-refractivity contribution is 0.0524. The van der Waals surface area contributed by atoms with Crippen LogP contribution in [0.4, 0.5) is 10.5 Å². The van der Waals surface area contributed by atoms with Gasteiger partial charge in [0.15, 0.2) is 0 Å². The third-order valence-electron chi connectivity index (χ3n) is 6.05. The molecular formula is C28H36N2O4. The number of hydrogen-bond donors (Lipinski definition) is 2. The molecule has 0 aliphatic carbocycles. The molecule has 34 heavy (non-hydrogen) atoms. The summed E-state index contributed by atoms with van der Waals surface area (Å²) in [5.74, 6) is 1.62. The Hall–Kier alpha value is -3.15. The maximum Gasteiger partial charge on any atom is 0.407 e. The molecular weight excluding hydrogens is 428 g/mol. The number of ether oxygens (including phenoxy) is 3. The average molecular weight is 465 g/mol. The summed E-state index contributed by atoms with van der Waals surface area (Å²) in [7, 11) is 1.69. The van der Waals surface area contributed by atoms with E-state index < -0.39 is 11.7 Å². The van der Waals surface area contributed by atoms with Gasteiger partial charge in [-0.1, -0.05) is 18.2 Å². The minimum Gasteiger partial charge on any atom is -0.496 e. The first-order valence-corrected chi connectivity index (χ1v) is 11.9. The molecule has 2 aromatic rings. The lowest BCUT2D eigenvalue weighted by Crippen LogP contribution is -2.33. The van der Waals surface area contributed by atoms with Crippen molar-refractivity contribution < 1.29 is 19.0 Å². The van der Waals surface area contributed by atoms with Gasteiger partial charge in [-0.05, 0) is 83.7 Å². The predicted octanol–water partition coefficient (Wildman–Crippen LogP) is 6.71. The van der Waals surface area contributed by atoms with Crippen molar-refractivity contribution in [1.82, 2.24) is 5.32 Å². The summed E-state index contributed by atoms with van der Waals surface area (Å²) in [6.45, 7) is 12.6. The zero-order valence-electron chi connectivity index (χ0n) is 21.3. The maximum absolute atomic E-state index is 12.0. The predicted molar refractivity (Wildman–Crippen MR) is 137 cm³/mol. The number of rotatable bonds is 5. The summed E-state index contributed by atoms with van der Waals surface area (Å²) in [6.07, 6.45) is 3.25. The number of carbonyl (C=O) groups is 1. The highest BCUT2D eigenvalue weighted by molar-refractivity contribution is 5.91. The molecule has 0 fully saturated rings. The Morgan fingerprint density at radius 2 is 1.94 bits per heavy atom. The number of methoxy groups -OCH3 is 1. The molecule has 4 rings (SSSR count). The van der Waals surface area contributed by atoms with E-state index in [1.165, 1.54) is 16.7 Å². The molecule has 2 aromatic carbocycles. The van der Waals surface area contributed by atoms with Crippen molar-refractivity contribution in [3.63, 3.8) is 0 Å². The van der Waals surface area contributed by atoms with Crippen LogP contribution in [0.1, 0.15) is 71.6 Å². The highest BCUT2D eigenvalue weighted by Crippen LogP contribution is 2.52. The van der Waals surface area contributed by atoms with Crippen LogP contribution in [0.3, 0.4) is 0 Å². The van der Waals surface area contributed by atoms with Crippen LogP contribution in [0.2, 0.25) is 0 Å². The Bertz CT molecular complexity index is 1130. The second kappa shape index (κ2) is 8.90. The van der Waals surface area contributed by atoms with E-state index in [0.717, 1.165) is 41.2 Å². The second-order valence-corrected chi connectivity index (χ2v) is 10.6. The van der Waals surface area contributed by atoms with Crippen LogP contribution in [-0.4, -0.2) is 30.9 Å². The molecule has 0 bridgehead atoms. The largest absolute Gasteiger partial charge is 0.496 e. The molecule has 2 aliphatic rings. The summed E-state index contributed by atoms with van der Waals surface area (Å²) >= 11 is 0. The topological polar surface area (TPSA) is 68.8 Å². The average Bonchev–Trinajstić information content (AvgIpc) is 2.73. The van der Waals surface area contributed by atoms with Crippen LogP contribution in [0.5, 0.6) is 11.5 Å². The molecule has 182 valence electrons. The number of fused-ring (bicyclic) bond motifs is 5. The van der Waals surface area contributed by atoms with Crippen molar-refractivity contribution in [2.45, 2.75) is 71.6 Å². The summed E-state index contributed by atoms with van der Waals surface area (Å²) in [5.41, 5.74) is 6.20. The standard InChI is InChI=1S/C28H36N2O4/c1-17-16-28(5,6)30-19-14-13-18-24-20(32-7)10-8-11-21(24)33-22(25(18)23(17)19)12-9-15-29-26(31)34-27(2,3)4/h8,10-11,13-14,16,22,30H,9,12,15H2,1-7H3,(H,29,31). The van der Waals surface area contributed by atoms with Gasteiger partial charge in [0, 0.05) is 23.4 Å². The van der Waals surface area contributed by atoms with Gasteiger partial charge in [-0.2, -0.15) is 0 Å². The van der Waals surface area contributed by atoms with E-state index >= 15 is 0 Å². The van der Waals surface area contributed by atoms with Crippen molar-refractivity contribution in [2.75, 3.05) is 19.0 Å². The first-order chi connectivity index (χ1) is 16.0. The van der Waals surface area contributed by atoms with Crippen LogP contribution < -0.4 is 20.1 Å². The van der Waals surface area contributed by atoms with Crippen LogP contribution in [0.15, 0.2) is 36.4 Å². The normalized spacial score (nSPS) is 17.7. The van der Waals surface area contributed by atoms with Crippen molar-refractivity contribution >= 4 is 17.4 Å². The second-order valence-electron chi connectivity index (χ2n) is 10.6. The number of nitrogens with one attached hydrogen (secondary N) is 2. The number of anilines is 1. The van der Waals surface area contributed by atoms with E-state index in [2.05, 4.69) is 49.6 Å². The molecule has 0 aromatic heterocycles. The van der Waals surface area contributed by atoms with Crippen molar-refractivity contribution in [3.8, 4) is 22.6 Å². The van der Waals surface area contributed by atoms with Gasteiger partial charge in [0.25, 0.3) is 0 Å². The van der Waals surface area contributed by atoms with Crippen molar-refractivity contribution in [1.29, 1.82) is 0 Å². The number of alkyl carbamates (subject to hydrolysis) is 1. The lowest BCUT2D eigenvalue weighted by Gasteiger charge is -2.37. The molecule has 2 N–H and O–H groups in total. The monoisotopic (exact) mass is 464 g/mol. The summed E-state index contributed by atoms with van der Waals surface area (Å²) in [4.78, 5) is 12.0. The Morgan fingerprint density at radius 3 is 2.65 bits per heavy atom. The number of amides is 1. The van der Waals surface area contributed by atoms with E-state index in [0.29, 0.717) is 6.54 Å². The van der Waals surface area contributed by atoms with Crippen LogP contribution in [0, 0.1) is 0 Å². The van der Waals surface area contributed by atoms with Crippen molar-refractivity contribution in [2.24, 2.45) is 0 Å². The summed E-state index contributed by atoms with van der Waals surface area (Å²) in [6, 6.07) is 10.3. The Morgan fingerprint density at radius 1 is 1.18 bits per heavy atom. The fourth-order valence-corrected chi connectivity index (χ4v) is 4.95. The Kier molecular flexibility index (Phi) is 6.28. The summed E-state index contributed by atoms with van der Waals surface area (Å²) in [5, 5.41) is 6.52. The number of benzene rings is 2.